The van der Waals surface area contributed by atoms with Crippen molar-refractivity contribution >= 4 is 40.9 Å². The van der Waals surface area contributed by atoms with Crippen LogP contribution in [0.2, 0.25) is 10.0 Å². The van der Waals surface area contributed by atoms with E-state index in [1.807, 2.05) is 0 Å². The van der Waals surface area contributed by atoms with Crippen molar-refractivity contribution < 1.29 is 14.3 Å². The highest BCUT2D eigenvalue weighted by molar-refractivity contribution is 6.36. The number of ether oxygens (including phenoxy) is 1. The van der Waals surface area contributed by atoms with Gasteiger partial charge in [-0.25, -0.2) is 9.79 Å². The fourth-order valence-corrected chi connectivity index (χ4v) is 2.94. The number of carbonyl (C=O) groups excluding carboxylic acids is 2. The lowest BCUT2D eigenvalue weighted by Crippen LogP contribution is -2.44. The van der Waals surface area contributed by atoms with Crippen LogP contribution in [-0.2, 0) is 9.53 Å². The Morgan fingerprint density at radius 3 is 2.68 bits per heavy atom. The summed E-state index contributed by atoms with van der Waals surface area (Å²) >= 11 is 12.4. The van der Waals surface area contributed by atoms with Gasteiger partial charge in [0.15, 0.2) is 0 Å². The third kappa shape index (κ3) is 3.31. The molecule has 1 N–H and O–H groups in total. The summed E-state index contributed by atoms with van der Waals surface area (Å²) in [6, 6.07) is 3.68. The summed E-state index contributed by atoms with van der Waals surface area (Å²) in [4.78, 5) is 27.8. The molecule has 0 fully saturated rings. The molecule has 7 heteroatoms. The van der Waals surface area contributed by atoms with Crippen molar-refractivity contribution in [1.29, 1.82) is 0 Å². The van der Waals surface area contributed by atoms with Gasteiger partial charge in [0, 0.05) is 21.3 Å². The minimum atomic E-state index is -0.796. The zero-order valence-electron chi connectivity index (χ0n) is 11.8. The van der Waals surface area contributed by atoms with Gasteiger partial charge in [-0.15, -0.1) is 0 Å². The van der Waals surface area contributed by atoms with E-state index in [-0.39, 0.29) is 6.61 Å². The quantitative estimate of drug-likeness (QED) is 0.672. The van der Waals surface area contributed by atoms with Crippen molar-refractivity contribution in [3.63, 3.8) is 0 Å². The molecular weight excluding hydrogens is 327 g/mol. The van der Waals surface area contributed by atoms with Gasteiger partial charge in [-0.1, -0.05) is 41.9 Å². The van der Waals surface area contributed by atoms with Crippen LogP contribution in [0.1, 0.15) is 18.5 Å². The van der Waals surface area contributed by atoms with Crippen LogP contribution < -0.4 is 5.32 Å². The van der Waals surface area contributed by atoms with E-state index in [4.69, 9.17) is 27.9 Å². The smallest absolute Gasteiger partial charge is 0.341 e. The van der Waals surface area contributed by atoms with Gasteiger partial charge in [0.05, 0.1) is 6.04 Å². The molecule has 2 unspecified atom stereocenters. The minimum absolute atomic E-state index is 0.0690. The topological polar surface area (TPSA) is 67.8 Å². The molecule has 1 heterocycles. The van der Waals surface area contributed by atoms with Gasteiger partial charge in [-0.3, -0.25) is 4.79 Å². The Morgan fingerprint density at radius 2 is 2.09 bits per heavy atom. The zero-order valence-corrected chi connectivity index (χ0v) is 13.3. The van der Waals surface area contributed by atoms with E-state index in [0.29, 0.717) is 21.3 Å². The Kier molecular flexibility index (Phi) is 5.21. The van der Waals surface area contributed by atoms with Crippen LogP contribution in [0.25, 0.3) is 0 Å². The van der Waals surface area contributed by atoms with Gasteiger partial charge >= 0.3 is 12.0 Å². The molecule has 22 heavy (non-hydrogen) atoms. The summed E-state index contributed by atoms with van der Waals surface area (Å²) in [6.45, 7) is 5.16. The summed E-state index contributed by atoms with van der Waals surface area (Å²) < 4.78 is 5.09. The van der Waals surface area contributed by atoms with Crippen LogP contribution in [0.15, 0.2) is 35.8 Å². The lowest BCUT2D eigenvalue weighted by atomic mass is 9.88. The molecule has 0 bridgehead atoms. The van der Waals surface area contributed by atoms with E-state index in [1.165, 1.54) is 6.08 Å². The third-order valence-corrected chi connectivity index (χ3v) is 3.91. The number of benzene rings is 1. The van der Waals surface area contributed by atoms with E-state index in [1.54, 1.807) is 25.1 Å². The number of aliphatic imine (C=N–C) groups is 1. The summed E-state index contributed by atoms with van der Waals surface area (Å²) in [7, 11) is 0. The van der Waals surface area contributed by atoms with Gasteiger partial charge in [-0.2, -0.15) is 0 Å². The molecule has 116 valence electrons. The molecule has 0 aliphatic carbocycles. The Morgan fingerprint density at radius 1 is 1.45 bits per heavy atom. The first-order chi connectivity index (χ1) is 10.5. The number of halogens is 2. The predicted octanol–water partition coefficient (Wildman–Crippen LogP) is 3.56. The van der Waals surface area contributed by atoms with E-state index in [9.17, 15) is 9.59 Å². The van der Waals surface area contributed by atoms with Crippen LogP contribution in [0.3, 0.4) is 0 Å². The van der Waals surface area contributed by atoms with Gasteiger partial charge in [0.25, 0.3) is 0 Å². The molecule has 0 saturated heterocycles. The second kappa shape index (κ2) is 6.94. The van der Waals surface area contributed by atoms with Gasteiger partial charge in [0.2, 0.25) is 0 Å². The molecule has 2 amide bonds. The number of amides is 2. The molecule has 1 aliphatic heterocycles. The minimum Gasteiger partial charge on any atom is -0.461 e. The number of hydrogen-bond donors (Lipinski definition) is 1. The summed E-state index contributed by atoms with van der Waals surface area (Å²) in [5.41, 5.74) is 0.813. The number of carbonyl (C=O) groups is 2. The van der Waals surface area contributed by atoms with Crippen LogP contribution in [-0.4, -0.2) is 24.3 Å². The van der Waals surface area contributed by atoms with Crippen LogP contribution in [0.4, 0.5) is 4.79 Å². The summed E-state index contributed by atoms with van der Waals surface area (Å²) in [6.07, 6.45) is 1.46. The average molecular weight is 341 g/mol. The standard InChI is InChI=1S/C15H14Cl2N2O3/c1-3-7-22-14(20)11-8(2)18-15(21)19-13(11)12-9(16)5-4-6-10(12)17/h3-6,11,13H,1,7H2,2H3,(H,19,21). The molecule has 1 aliphatic rings. The highest BCUT2D eigenvalue weighted by atomic mass is 35.5. The van der Waals surface area contributed by atoms with Gasteiger partial charge in [0.1, 0.15) is 12.5 Å². The molecule has 0 aromatic heterocycles. The molecule has 5 nitrogen and oxygen atoms in total. The number of urea groups is 1. The second-order valence-corrected chi connectivity index (χ2v) is 5.53. The zero-order chi connectivity index (χ0) is 16.3. The summed E-state index contributed by atoms with van der Waals surface area (Å²) in [5.74, 6) is -1.32. The van der Waals surface area contributed by atoms with E-state index in [0.717, 1.165) is 0 Å². The molecule has 0 radical (unpaired) electrons. The third-order valence-electron chi connectivity index (χ3n) is 3.25. The molecule has 0 saturated carbocycles. The fraction of sp³-hybridized carbons (Fsp3) is 0.267. The average Bonchev–Trinajstić information content (AvgIpc) is 2.44. The number of nitrogens with zero attached hydrogens (tertiary/aromatic N) is 1. The van der Waals surface area contributed by atoms with E-state index in [2.05, 4.69) is 16.9 Å². The van der Waals surface area contributed by atoms with Crippen molar-refractivity contribution in [3.05, 3.63) is 46.5 Å². The van der Waals surface area contributed by atoms with E-state index < -0.39 is 24.0 Å². The maximum Gasteiger partial charge on any atom is 0.341 e. The molecule has 1 aromatic rings. The Balaban J connectivity index is 2.46. The first-order valence-corrected chi connectivity index (χ1v) is 7.28. The predicted molar refractivity (Wildman–Crippen MR) is 85.5 cm³/mol. The maximum absolute atomic E-state index is 12.3. The number of nitrogens with one attached hydrogen (secondary N) is 1. The SMILES string of the molecule is C=CCOC(=O)C1C(C)=NC(=O)NC1c1c(Cl)cccc1Cl. The molecule has 1 aromatic carbocycles. The summed E-state index contributed by atoms with van der Waals surface area (Å²) in [5, 5.41) is 3.34. The van der Waals surface area contributed by atoms with Crippen molar-refractivity contribution in [2.45, 2.75) is 13.0 Å². The lowest BCUT2D eigenvalue weighted by Gasteiger charge is -2.30. The number of rotatable bonds is 4. The number of hydrogen-bond acceptors (Lipinski definition) is 3. The van der Waals surface area contributed by atoms with Crippen LogP contribution in [0.5, 0.6) is 0 Å². The fourth-order valence-electron chi connectivity index (χ4n) is 2.30. The number of esters is 1. The normalized spacial score (nSPS) is 20.9. The molecule has 2 rings (SSSR count). The van der Waals surface area contributed by atoms with Crippen LogP contribution in [0, 0.1) is 5.92 Å². The highest BCUT2D eigenvalue weighted by Gasteiger charge is 2.39. The van der Waals surface area contributed by atoms with Crippen LogP contribution >= 0.6 is 23.2 Å². The van der Waals surface area contributed by atoms with Crippen molar-refractivity contribution in [3.8, 4) is 0 Å². The Bertz CT molecular complexity index is 638. The lowest BCUT2D eigenvalue weighted by molar-refractivity contribution is -0.145. The van der Waals surface area contributed by atoms with Crippen molar-refractivity contribution in [2.75, 3.05) is 6.61 Å². The highest BCUT2D eigenvalue weighted by Crippen LogP contribution is 2.36. The van der Waals surface area contributed by atoms with Gasteiger partial charge in [-0.05, 0) is 19.1 Å². The van der Waals surface area contributed by atoms with Gasteiger partial charge < -0.3 is 10.1 Å². The molecule has 0 spiro atoms. The van der Waals surface area contributed by atoms with Crippen molar-refractivity contribution in [1.82, 2.24) is 5.32 Å². The Labute approximate surface area is 138 Å². The second-order valence-electron chi connectivity index (χ2n) is 4.71. The van der Waals surface area contributed by atoms with Crippen molar-refractivity contribution in [2.24, 2.45) is 10.9 Å². The first-order valence-electron chi connectivity index (χ1n) is 6.52. The Hall–Kier alpha value is -1.85. The monoisotopic (exact) mass is 340 g/mol. The largest absolute Gasteiger partial charge is 0.461 e. The van der Waals surface area contributed by atoms with E-state index >= 15 is 0 Å². The molecular formula is C15H14Cl2N2O3. The molecule has 2 atom stereocenters. The maximum atomic E-state index is 12.3. The first kappa shape index (κ1) is 16.5.